The van der Waals surface area contributed by atoms with Gasteiger partial charge in [-0.25, -0.2) is 0 Å². The molecule has 2 fully saturated rings. The van der Waals surface area contributed by atoms with Gasteiger partial charge in [0.2, 0.25) is 0 Å². The second-order valence-corrected chi connectivity index (χ2v) is 7.75. The molecule has 0 amide bonds. The highest BCUT2D eigenvalue weighted by molar-refractivity contribution is 5.36. The maximum Gasteiger partial charge on any atom is 0.119 e. The van der Waals surface area contributed by atoms with Crippen LogP contribution in [-0.2, 0) is 5.41 Å². The maximum atomic E-state index is 6.43. The fourth-order valence-electron chi connectivity index (χ4n) is 4.65. The molecule has 2 N–H and O–H groups in total. The molecule has 1 aromatic rings. The van der Waals surface area contributed by atoms with E-state index in [4.69, 9.17) is 10.5 Å². The lowest BCUT2D eigenvalue weighted by Crippen LogP contribution is -2.59. The smallest absolute Gasteiger partial charge is 0.119 e. The maximum absolute atomic E-state index is 6.43. The monoisotopic (exact) mass is 302 g/mol. The summed E-state index contributed by atoms with van der Waals surface area (Å²) in [5.74, 6) is 1.61. The number of hydrogen-bond donors (Lipinski definition) is 1. The summed E-state index contributed by atoms with van der Waals surface area (Å²) >= 11 is 0. The summed E-state index contributed by atoms with van der Waals surface area (Å²) in [6, 6.07) is 9.68. The summed E-state index contributed by atoms with van der Waals surface area (Å²) in [6.07, 6.45) is 3.67. The molecule has 0 aromatic heterocycles. The summed E-state index contributed by atoms with van der Waals surface area (Å²) in [7, 11) is 2.25. The minimum Gasteiger partial charge on any atom is -0.491 e. The van der Waals surface area contributed by atoms with Crippen LogP contribution in [0.15, 0.2) is 24.3 Å². The number of fused-ring (bicyclic) bond motifs is 2. The molecule has 3 heteroatoms. The first-order chi connectivity index (χ1) is 10.4. The van der Waals surface area contributed by atoms with E-state index in [1.807, 2.05) is 0 Å². The van der Waals surface area contributed by atoms with E-state index >= 15 is 0 Å². The number of rotatable bonds is 3. The van der Waals surface area contributed by atoms with Crippen molar-refractivity contribution in [3.63, 3.8) is 0 Å². The Morgan fingerprint density at radius 3 is 2.82 bits per heavy atom. The Kier molecular flexibility index (Phi) is 4.21. The summed E-state index contributed by atoms with van der Waals surface area (Å²) in [6.45, 7) is 7.71. The molecule has 1 aliphatic carbocycles. The summed E-state index contributed by atoms with van der Waals surface area (Å²) in [4.78, 5) is 2.51. The standard InChI is InChI=1S/C19H30N2O/c1-13(2)22-18-7-5-6-15(8-18)19-10-16(20)9-17(11-19)21(4)12-14(19)3/h5-8,13-14,16-17H,9-12,20H2,1-4H3. The van der Waals surface area contributed by atoms with Crippen LogP contribution >= 0.6 is 0 Å². The van der Waals surface area contributed by atoms with Crippen LogP contribution in [0.4, 0.5) is 0 Å². The lowest BCUT2D eigenvalue weighted by atomic mass is 9.58. The third-order valence-electron chi connectivity index (χ3n) is 5.71. The minimum absolute atomic E-state index is 0.212. The Hall–Kier alpha value is -1.06. The SMILES string of the molecule is CC(C)Oc1cccc(C23CC(N)CC(C2)N(C)CC3C)c1. The number of benzene rings is 1. The molecule has 1 saturated heterocycles. The molecule has 0 spiro atoms. The third-order valence-corrected chi connectivity index (χ3v) is 5.71. The largest absolute Gasteiger partial charge is 0.491 e. The Morgan fingerprint density at radius 1 is 1.32 bits per heavy atom. The third kappa shape index (κ3) is 2.77. The summed E-state index contributed by atoms with van der Waals surface area (Å²) in [5, 5.41) is 0. The molecule has 1 heterocycles. The van der Waals surface area contributed by atoms with Crippen molar-refractivity contribution >= 4 is 0 Å². The molecular weight excluding hydrogens is 272 g/mol. The van der Waals surface area contributed by atoms with Crippen LogP contribution in [0.1, 0.15) is 45.6 Å². The van der Waals surface area contributed by atoms with Crippen molar-refractivity contribution in [1.82, 2.24) is 4.90 Å². The van der Waals surface area contributed by atoms with Crippen molar-refractivity contribution in [2.45, 2.75) is 63.6 Å². The minimum atomic E-state index is 0.212. The molecule has 2 aliphatic rings. The van der Waals surface area contributed by atoms with Crippen LogP contribution in [0, 0.1) is 5.92 Å². The Bertz CT molecular complexity index is 530. The van der Waals surface area contributed by atoms with Gasteiger partial charge in [0.05, 0.1) is 6.10 Å². The number of piperidine rings is 1. The lowest BCUT2D eigenvalue weighted by molar-refractivity contribution is 0.0182. The zero-order chi connectivity index (χ0) is 15.9. The molecule has 0 radical (unpaired) electrons. The first-order valence-electron chi connectivity index (χ1n) is 8.64. The lowest BCUT2D eigenvalue weighted by Gasteiger charge is -2.55. The average molecular weight is 302 g/mol. The second-order valence-electron chi connectivity index (χ2n) is 7.75. The molecule has 1 saturated carbocycles. The molecule has 1 aromatic carbocycles. The van der Waals surface area contributed by atoms with Crippen molar-refractivity contribution in [2.75, 3.05) is 13.6 Å². The van der Waals surface area contributed by atoms with Gasteiger partial charge in [-0.3, -0.25) is 0 Å². The van der Waals surface area contributed by atoms with Gasteiger partial charge in [0, 0.05) is 24.0 Å². The molecular formula is C19H30N2O. The molecule has 4 atom stereocenters. The Balaban J connectivity index is 1.97. The van der Waals surface area contributed by atoms with Crippen molar-refractivity contribution in [3.05, 3.63) is 29.8 Å². The van der Waals surface area contributed by atoms with Crippen molar-refractivity contribution in [3.8, 4) is 5.75 Å². The van der Waals surface area contributed by atoms with Gasteiger partial charge in [-0.05, 0) is 63.8 Å². The molecule has 1 aliphatic heterocycles. The number of nitrogens with two attached hydrogens (primary N) is 1. The van der Waals surface area contributed by atoms with Gasteiger partial charge in [-0.1, -0.05) is 19.1 Å². The van der Waals surface area contributed by atoms with E-state index in [0.29, 0.717) is 18.0 Å². The highest BCUT2D eigenvalue weighted by Gasteiger charge is 2.49. The molecule has 3 rings (SSSR count). The van der Waals surface area contributed by atoms with E-state index in [1.165, 1.54) is 12.0 Å². The van der Waals surface area contributed by atoms with E-state index in [1.54, 1.807) is 0 Å². The topological polar surface area (TPSA) is 38.5 Å². The van der Waals surface area contributed by atoms with Crippen LogP contribution in [0.2, 0.25) is 0 Å². The number of hydrogen-bond acceptors (Lipinski definition) is 3. The van der Waals surface area contributed by atoms with Crippen molar-refractivity contribution in [1.29, 1.82) is 0 Å². The zero-order valence-electron chi connectivity index (χ0n) is 14.4. The fourth-order valence-corrected chi connectivity index (χ4v) is 4.65. The average Bonchev–Trinajstić information content (AvgIpc) is 2.44. The predicted octanol–water partition coefficient (Wildman–Crippen LogP) is 3.17. The zero-order valence-corrected chi connectivity index (χ0v) is 14.4. The fraction of sp³-hybridized carbons (Fsp3) is 0.684. The van der Waals surface area contributed by atoms with E-state index < -0.39 is 0 Å². The van der Waals surface area contributed by atoms with Crippen LogP contribution in [0.25, 0.3) is 0 Å². The molecule has 3 nitrogen and oxygen atoms in total. The van der Waals surface area contributed by atoms with Gasteiger partial charge < -0.3 is 15.4 Å². The van der Waals surface area contributed by atoms with Gasteiger partial charge in [-0.2, -0.15) is 0 Å². The van der Waals surface area contributed by atoms with Gasteiger partial charge >= 0.3 is 0 Å². The molecule has 4 unspecified atom stereocenters. The van der Waals surface area contributed by atoms with Gasteiger partial charge in [0.1, 0.15) is 5.75 Å². The second kappa shape index (κ2) is 5.86. The highest BCUT2D eigenvalue weighted by Crippen LogP contribution is 2.49. The van der Waals surface area contributed by atoms with Crippen LogP contribution < -0.4 is 10.5 Å². The summed E-state index contributed by atoms with van der Waals surface area (Å²) < 4.78 is 5.92. The van der Waals surface area contributed by atoms with E-state index in [0.717, 1.165) is 25.1 Å². The Morgan fingerprint density at radius 2 is 2.09 bits per heavy atom. The number of nitrogens with zero attached hydrogens (tertiary/aromatic N) is 1. The van der Waals surface area contributed by atoms with Gasteiger partial charge in [0.15, 0.2) is 0 Å². The van der Waals surface area contributed by atoms with Gasteiger partial charge in [-0.15, -0.1) is 0 Å². The normalized spacial score (nSPS) is 35.6. The van der Waals surface area contributed by atoms with E-state index in [-0.39, 0.29) is 11.5 Å². The number of likely N-dealkylation sites (tertiary alicyclic amines) is 1. The van der Waals surface area contributed by atoms with Crippen LogP contribution in [0.5, 0.6) is 5.75 Å². The molecule has 122 valence electrons. The van der Waals surface area contributed by atoms with Crippen molar-refractivity contribution < 1.29 is 4.74 Å². The van der Waals surface area contributed by atoms with Crippen LogP contribution in [0.3, 0.4) is 0 Å². The molecule has 2 bridgehead atoms. The summed E-state index contributed by atoms with van der Waals surface area (Å²) in [5.41, 5.74) is 8.07. The Labute approximate surface area is 134 Å². The van der Waals surface area contributed by atoms with Crippen molar-refractivity contribution in [2.24, 2.45) is 11.7 Å². The molecule has 22 heavy (non-hydrogen) atoms. The quantitative estimate of drug-likeness (QED) is 0.932. The van der Waals surface area contributed by atoms with Crippen LogP contribution in [-0.4, -0.2) is 36.7 Å². The van der Waals surface area contributed by atoms with E-state index in [2.05, 4.69) is 57.0 Å². The highest BCUT2D eigenvalue weighted by atomic mass is 16.5. The van der Waals surface area contributed by atoms with E-state index in [9.17, 15) is 0 Å². The predicted molar refractivity (Wildman–Crippen MR) is 91.3 cm³/mol. The van der Waals surface area contributed by atoms with Gasteiger partial charge in [0.25, 0.3) is 0 Å². The first-order valence-corrected chi connectivity index (χ1v) is 8.64. The first kappa shape index (κ1) is 15.8. The number of ether oxygens (including phenoxy) is 1.